The molecule has 0 bridgehead atoms. The van der Waals surface area contributed by atoms with Crippen LogP contribution in [0.1, 0.15) is 43.9 Å². The topological polar surface area (TPSA) is 82.4 Å². The maximum absolute atomic E-state index is 17.2. The second-order valence-corrected chi connectivity index (χ2v) is 12.8. The molecule has 2 aromatic heterocycles. The third kappa shape index (κ3) is 4.86. The van der Waals surface area contributed by atoms with Crippen molar-refractivity contribution in [2.24, 2.45) is 0 Å². The van der Waals surface area contributed by atoms with E-state index in [9.17, 15) is 4.79 Å². The molecule has 7 rings (SSSR count). The lowest BCUT2D eigenvalue weighted by Gasteiger charge is -2.45. The Morgan fingerprint density at radius 3 is 2.46 bits per heavy atom. The van der Waals surface area contributed by atoms with Gasteiger partial charge in [0.15, 0.2) is 5.82 Å². The molecule has 4 aromatic rings. The predicted molar refractivity (Wildman–Crippen MR) is 169 cm³/mol. The smallest absolute Gasteiger partial charge is 0.349 e. The van der Waals surface area contributed by atoms with E-state index in [1.54, 1.807) is 28.8 Å². The van der Waals surface area contributed by atoms with Crippen LogP contribution in [0.15, 0.2) is 37.1 Å². The van der Waals surface area contributed by atoms with Crippen molar-refractivity contribution >= 4 is 39.5 Å². The summed E-state index contributed by atoms with van der Waals surface area (Å²) in [4.78, 5) is 27.4. The van der Waals surface area contributed by atoms with E-state index < -0.39 is 23.1 Å². The average molecular weight is 637 g/mol. The first kappa shape index (κ1) is 30.4. The van der Waals surface area contributed by atoms with Gasteiger partial charge in [0.1, 0.15) is 11.3 Å². The molecule has 3 aliphatic rings. The Bertz CT molecular complexity index is 1880. The molecular formula is C33H36F4N8O. The molecule has 9 nitrogen and oxygen atoms in total. The number of nitrogens with zero attached hydrogens (tertiary/aromatic N) is 7. The van der Waals surface area contributed by atoms with Gasteiger partial charge in [-0.1, -0.05) is 18.7 Å². The van der Waals surface area contributed by atoms with E-state index in [-0.39, 0.29) is 64.9 Å². The van der Waals surface area contributed by atoms with Crippen molar-refractivity contribution in [1.82, 2.24) is 30.0 Å². The largest absolute Gasteiger partial charge is 0.417 e. The zero-order valence-electron chi connectivity index (χ0n) is 26.2. The number of likely N-dealkylation sites (N-methyl/N-ethyl adjacent to an activating group) is 1. The Balaban J connectivity index is 1.49. The van der Waals surface area contributed by atoms with Crippen LogP contribution >= 0.6 is 0 Å². The number of alkyl halides is 3. The van der Waals surface area contributed by atoms with Crippen molar-refractivity contribution in [3.8, 4) is 11.1 Å². The number of anilines is 2. The average Bonchev–Trinajstić information content (AvgIpc) is 3.75. The van der Waals surface area contributed by atoms with Crippen LogP contribution in [-0.4, -0.2) is 81.9 Å². The molecule has 4 heterocycles. The number of piperazine rings is 1. The Morgan fingerprint density at radius 1 is 1.07 bits per heavy atom. The summed E-state index contributed by atoms with van der Waals surface area (Å²) in [7, 11) is 1.85. The number of hydrogen-bond acceptors (Lipinski definition) is 7. The van der Waals surface area contributed by atoms with E-state index >= 15 is 17.6 Å². The number of benzene rings is 2. The molecule has 0 spiro atoms. The van der Waals surface area contributed by atoms with Gasteiger partial charge in [-0.05, 0) is 58.4 Å². The fourth-order valence-electron chi connectivity index (χ4n) is 6.85. The first-order valence-corrected chi connectivity index (χ1v) is 15.6. The second kappa shape index (κ2) is 10.9. The molecule has 13 heteroatoms. The normalized spacial score (nSPS) is 20.9. The van der Waals surface area contributed by atoms with Crippen LogP contribution in [0.3, 0.4) is 0 Å². The van der Waals surface area contributed by atoms with Gasteiger partial charge in [0, 0.05) is 66.2 Å². The monoisotopic (exact) mass is 636 g/mol. The number of fused-ring (bicyclic) bond motifs is 2. The Labute approximate surface area is 263 Å². The molecule has 2 aromatic carbocycles. The van der Waals surface area contributed by atoms with E-state index in [1.807, 2.05) is 36.8 Å². The van der Waals surface area contributed by atoms with Gasteiger partial charge in [-0.25, -0.2) is 9.37 Å². The van der Waals surface area contributed by atoms with Crippen LogP contribution in [0.2, 0.25) is 0 Å². The molecule has 2 aliphatic heterocycles. The van der Waals surface area contributed by atoms with Crippen LogP contribution in [0.25, 0.3) is 32.9 Å². The van der Waals surface area contributed by atoms with Gasteiger partial charge in [-0.3, -0.25) is 9.48 Å². The third-order valence-corrected chi connectivity index (χ3v) is 9.60. The van der Waals surface area contributed by atoms with Crippen LogP contribution in [-0.2, 0) is 11.0 Å². The zero-order chi connectivity index (χ0) is 32.7. The Hall–Kier alpha value is -4.26. The lowest BCUT2D eigenvalue weighted by Crippen LogP contribution is -2.59. The maximum Gasteiger partial charge on any atom is 0.417 e. The highest BCUT2D eigenvalue weighted by molar-refractivity contribution is 6.02. The van der Waals surface area contributed by atoms with E-state index in [0.717, 1.165) is 18.9 Å². The highest BCUT2D eigenvalue weighted by atomic mass is 19.4. The fourth-order valence-corrected chi connectivity index (χ4v) is 6.85. The molecule has 0 radical (unpaired) electrons. The molecule has 0 unspecified atom stereocenters. The van der Waals surface area contributed by atoms with E-state index in [1.165, 1.54) is 6.08 Å². The lowest BCUT2D eigenvalue weighted by molar-refractivity contribution is -0.137. The summed E-state index contributed by atoms with van der Waals surface area (Å²) in [6.07, 6.45) is -0.277. The van der Waals surface area contributed by atoms with Gasteiger partial charge < -0.3 is 20.0 Å². The molecule has 1 saturated carbocycles. The molecule has 2 atom stereocenters. The molecule has 1 aliphatic carbocycles. The van der Waals surface area contributed by atoms with Gasteiger partial charge in [-0.2, -0.15) is 23.3 Å². The van der Waals surface area contributed by atoms with Gasteiger partial charge in [0.2, 0.25) is 11.9 Å². The van der Waals surface area contributed by atoms with Gasteiger partial charge >= 0.3 is 6.18 Å². The molecule has 1 N–H and O–H groups in total. The van der Waals surface area contributed by atoms with Crippen molar-refractivity contribution in [3.05, 3.63) is 54.0 Å². The van der Waals surface area contributed by atoms with Crippen molar-refractivity contribution in [2.75, 3.05) is 43.0 Å². The van der Waals surface area contributed by atoms with Crippen molar-refractivity contribution in [1.29, 1.82) is 0 Å². The van der Waals surface area contributed by atoms with Crippen LogP contribution in [0.4, 0.5) is 29.3 Å². The highest BCUT2D eigenvalue weighted by Gasteiger charge is 2.41. The Kier molecular flexibility index (Phi) is 7.22. The molecule has 46 heavy (non-hydrogen) atoms. The molecular weight excluding hydrogens is 600 g/mol. The first-order valence-electron chi connectivity index (χ1n) is 15.6. The minimum Gasteiger partial charge on any atom is -0.349 e. The molecule has 242 valence electrons. The Morgan fingerprint density at radius 2 is 1.80 bits per heavy atom. The van der Waals surface area contributed by atoms with Gasteiger partial charge in [0.05, 0.1) is 23.3 Å². The van der Waals surface area contributed by atoms with Gasteiger partial charge in [0.25, 0.3) is 0 Å². The van der Waals surface area contributed by atoms with Crippen molar-refractivity contribution in [2.45, 2.75) is 64.0 Å². The summed E-state index contributed by atoms with van der Waals surface area (Å²) in [5.41, 5.74) is -0.610. The number of aryl methyl sites for hydroxylation is 1. The highest BCUT2D eigenvalue weighted by Crippen LogP contribution is 2.48. The van der Waals surface area contributed by atoms with Crippen molar-refractivity contribution < 1.29 is 22.4 Å². The van der Waals surface area contributed by atoms with Gasteiger partial charge in [-0.15, -0.1) is 0 Å². The summed E-state index contributed by atoms with van der Waals surface area (Å²) in [5.74, 6) is -0.801. The minimum absolute atomic E-state index is 0.0221. The number of nitrogens with one attached hydrogen (secondary N) is 1. The first-order chi connectivity index (χ1) is 21.9. The number of halogens is 4. The number of carbonyl (C=O) groups excluding carboxylic acids is 1. The number of rotatable bonds is 6. The number of hydrogen-bond donors (Lipinski definition) is 1. The minimum atomic E-state index is -4.88. The lowest BCUT2D eigenvalue weighted by atomic mass is 9.91. The summed E-state index contributed by atoms with van der Waals surface area (Å²) < 4.78 is 64.3. The number of aromatic nitrogens is 4. The summed E-state index contributed by atoms with van der Waals surface area (Å²) in [5, 5.41) is 8.31. The molecule has 3 fully saturated rings. The zero-order valence-corrected chi connectivity index (χ0v) is 26.2. The quantitative estimate of drug-likeness (QED) is 0.222. The summed E-state index contributed by atoms with van der Waals surface area (Å²) >= 11 is 0. The predicted octanol–water partition coefficient (Wildman–Crippen LogP) is 5.47. The van der Waals surface area contributed by atoms with Crippen molar-refractivity contribution in [3.63, 3.8) is 0 Å². The second-order valence-electron chi connectivity index (χ2n) is 12.8. The molecule has 1 amide bonds. The maximum atomic E-state index is 17.2. The number of amides is 1. The molecule has 2 saturated heterocycles. The standard InChI is InChI=1S/C33H36F4N8O/c1-6-25(46)43-13-19(4)44(14-18(43)3)31-23-11-24(33(35,36)37)27(28(34)29(23)40-32(41-31)42-15-21(16-42)38-5)26-17(2)7-8-20-12-39-45(30(20)26)22-9-10-22/h6-8,11-12,18-19,21-22,38H,1,9-10,13-16H2,2-5H3/t18-,19+/m1/s1. The summed E-state index contributed by atoms with van der Waals surface area (Å²) in [6, 6.07) is 4.17. The van der Waals surface area contributed by atoms with Crippen LogP contribution in [0, 0.1) is 12.7 Å². The van der Waals surface area contributed by atoms with E-state index in [4.69, 9.17) is 4.98 Å². The third-order valence-electron chi connectivity index (χ3n) is 9.60. The summed E-state index contributed by atoms with van der Waals surface area (Å²) in [6.45, 7) is 10.8. The fraction of sp³-hybridized carbons (Fsp3) is 0.455. The van der Waals surface area contributed by atoms with Crippen LogP contribution < -0.4 is 15.1 Å². The van der Waals surface area contributed by atoms with E-state index in [2.05, 4.69) is 22.0 Å². The van der Waals surface area contributed by atoms with E-state index in [0.29, 0.717) is 36.1 Å². The number of carbonyl (C=O) groups is 1. The van der Waals surface area contributed by atoms with Crippen LogP contribution in [0.5, 0.6) is 0 Å². The SMILES string of the molecule is C=CC(=O)N1C[C@H](C)N(c2nc(N3CC(NC)C3)nc3c(F)c(-c4c(C)ccc5cnn(C6CC6)c45)c(C(F)(F)F)cc23)C[C@H]1C.